The number of carbonyl (C=O) groups is 1. The fraction of sp³-hybridized carbons (Fsp3) is 0.174. The summed E-state index contributed by atoms with van der Waals surface area (Å²) in [6, 6.07) is 25.3. The molecule has 0 aliphatic carbocycles. The minimum Gasteiger partial charge on any atom is -0.497 e. The molecule has 0 fully saturated rings. The first kappa shape index (κ1) is 20.3. The molecule has 1 amide bonds. The van der Waals surface area contributed by atoms with Gasteiger partial charge in [-0.15, -0.1) is 11.8 Å². The highest BCUT2D eigenvalue weighted by Crippen LogP contribution is 2.38. The van der Waals surface area contributed by atoms with Crippen LogP contribution in [0.2, 0.25) is 5.02 Å². The Hall–Kier alpha value is -2.43. The predicted molar refractivity (Wildman–Crippen MR) is 118 cm³/mol. The zero-order valence-corrected chi connectivity index (χ0v) is 17.3. The van der Waals surface area contributed by atoms with E-state index in [0.29, 0.717) is 5.02 Å². The van der Waals surface area contributed by atoms with Crippen LogP contribution in [0.1, 0.15) is 23.3 Å². The molecule has 0 aliphatic rings. The number of benzene rings is 3. The third kappa shape index (κ3) is 5.31. The highest BCUT2D eigenvalue weighted by molar-refractivity contribution is 8.01. The molecule has 0 aromatic heterocycles. The molecule has 0 saturated heterocycles. The van der Waals surface area contributed by atoms with E-state index in [1.54, 1.807) is 18.9 Å². The molecule has 2 atom stereocenters. The van der Waals surface area contributed by atoms with Gasteiger partial charge in [-0.25, -0.2) is 0 Å². The Bertz CT molecular complexity index is 898. The summed E-state index contributed by atoms with van der Waals surface area (Å²) in [6.45, 7) is 1.93. The fourth-order valence-electron chi connectivity index (χ4n) is 2.80. The number of amides is 1. The van der Waals surface area contributed by atoms with E-state index in [2.05, 4.69) is 17.4 Å². The van der Waals surface area contributed by atoms with E-state index in [1.807, 2.05) is 73.7 Å². The molecule has 0 radical (unpaired) electrons. The monoisotopic (exact) mass is 411 g/mol. The SMILES string of the molecule is COc1ccc(NC(=O)[C@H](C)S[C@H](c2ccccc2)c2ccc(Cl)cc2)cc1. The summed E-state index contributed by atoms with van der Waals surface area (Å²) in [4.78, 5) is 12.7. The highest BCUT2D eigenvalue weighted by Gasteiger charge is 2.22. The summed E-state index contributed by atoms with van der Waals surface area (Å²) in [6.07, 6.45) is 0. The Morgan fingerprint density at radius 2 is 1.54 bits per heavy atom. The van der Waals surface area contributed by atoms with Gasteiger partial charge in [-0.2, -0.15) is 0 Å². The summed E-state index contributed by atoms with van der Waals surface area (Å²) >= 11 is 7.66. The van der Waals surface area contributed by atoms with Gasteiger partial charge in [0, 0.05) is 10.7 Å². The maximum Gasteiger partial charge on any atom is 0.237 e. The first-order valence-electron chi connectivity index (χ1n) is 8.97. The first-order valence-corrected chi connectivity index (χ1v) is 10.3. The number of halogens is 1. The van der Waals surface area contributed by atoms with Crippen LogP contribution in [0, 0.1) is 0 Å². The average molecular weight is 412 g/mol. The van der Waals surface area contributed by atoms with Gasteiger partial charge >= 0.3 is 0 Å². The Balaban J connectivity index is 1.75. The minimum atomic E-state index is -0.247. The Morgan fingerprint density at radius 3 is 2.14 bits per heavy atom. The third-order valence-electron chi connectivity index (χ3n) is 4.34. The number of rotatable bonds is 7. The lowest BCUT2D eigenvalue weighted by atomic mass is 10.0. The number of hydrogen-bond donors (Lipinski definition) is 1. The zero-order valence-electron chi connectivity index (χ0n) is 15.8. The first-order chi connectivity index (χ1) is 13.6. The molecule has 0 spiro atoms. The number of thioether (sulfide) groups is 1. The standard InChI is InChI=1S/C23H22ClNO2S/c1-16(23(26)25-20-12-14-21(27-2)15-13-20)28-22(17-6-4-3-5-7-17)18-8-10-19(24)11-9-18/h3-16,22H,1-2H3,(H,25,26)/t16-,22+/m0/s1. The lowest BCUT2D eigenvalue weighted by molar-refractivity contribution is -0.115. The normalized spacial score (nSPS) is 12.8. The lowest BCUT2D eigenvalue weighted by Crippen LogP contribution is -2.23. The van der Waals surface area contributed by atoms with Crippen molar-refractivity contribution >= 4 is 35.0 Å². The van der Waals surface area contributed by atoms with Crippen LogP contribution in [0.3, 0.4) is 0 Å². The van der Waals surface area contributed by atoms with Gasteiger partial charge in [0.15, 0.2) is 0 Å². The Morgan fingerprint density at radius 1 is 0.929 bits per heavy atom. The molecule has 3 rings (SSSR count). The van der Waals surface area contributed by atoms with Crippen molar-refractivity contribution in [3.05, 3.63) is 95.0 Å². The average Bonchev–Trinajstić information content (AvgIpc) is 2.73. The van der Waals surface area contributed by atoms with Crippen molar-refractivity contribution in [3.63, 3.8) is 0 Å². The Kier molecular flexibility index (Phi) is 7.01. The van der Waals surface area contributed by atoms with Gasteiger partial charge in [0.1, 0.15) is 5.75 Å². The molecule has 0 bridgehead atoms. The van der Waals surface area contributed by atoms with E-state index in [0.717, 1.165) is 22.6 Å². The second-order valence-corrected chi connectivity index (χ2v) is 8.23. The van der Waals surface area contributed by atoms with Crippen LogP contribution in [0.15, 0.2) is 78.9 Å². The van der Waals surface area contributed by atoms with Crippen LogP contribution in [0.5, 0.6) is 5.75 Å². The van der Waals surface area contributed by atoms with Crippen molar-refractivity contribution in [3.8, 4) is 5.75 Å². The van der Waals surface area contributed by atoms with Crippen LogP contribution >= 0.6 is 23.4 Å². The van der Waals surface area contributed by atoms with Crippen molar-refractivity contribution in [2.45, 2.75) is 17.4 Å². The van der Waals surface area contributed by atoms with Crippen molar-refractivity contribution < 1.29 is 9.53 Å². The van der Waals surface area contributed by atoms with Gasteiger partial charge in [0.25, 0.3) is 0 Å². The molecule has 5 heteroatoms. The zero-order chi connectivity index (χ0) is 19.9. The molecule has 3 nitrogen and oxygen atoms in total. The van der Waals surface area contributed by atoms with Crippen molar-refractivity contribution in [2.24, 2.45) is 0 Å². The third-order valence-corrected chi connectivity index (χ3v) is 6.03. The summed E-state index contributed by atoms with van der Waals surface area (Å²) in [5.41, 5.74) is 3.02. The van der Waals surface area contributed by atoms with Gasteiger partial charge in [-0.1, -0.05) is 54.1 Å². The largest absolute Gasteiger partial charge is 0.497 e. The van der Waals surface area contributed by atoms with Crippen molar-refractivity contribution in [1.29, 1.82) is 0 Å². The maximum absolute atomic E-state index is 12.7. The van der Waals surface area contributed by atoms with E-state index < -0.39 is 0 Å². The number of ether oxygens (including phenoxy) is 1. The van der Waals surface area contributed by atoms with E-state index >= 15 is 0 Å². The fourth-order valence-corrected chi connectivity index (χ4v) is 4.14. The quantitative estimate of drug-likeness (QED) is 0.503. The molecule has 0 aliphatic heterocycles. The summed E-state index contributed by atoms with van der Waals surface area (Å²) in [5.74, 6) is 0.720. The second kappa shape index (κ2) is 9.67. The minimum absolute atomic E-state index is 0.0370. The Labute approximate surface area is 175 Å². The van der Waals surface area contributed by atoms with E-state index in [9.17, 15) is 4.79 Å². The number of hydrogen-bond acceptors (Lipinski definition) is 3. The smallest absolute Gasteiger partial charge is 0.237 e. The summed E-state index contributed by atoms with van der Waals surface area (Å²) in [7, 11) is 1.62. The molecule has 28 heavy (non-hydrogen) atoms. The van der Waals surface area contributed by atoms with Crippen LogP contribution in [0.4, 0.5) is 5.69 Å². The molecule has 0 unspecified atom stereocenters. The summed E-state index contributed by atoms with van der Waals surface area (Å²) < 4.78 is 5.15. The van der Waals surface area contributed by atoms with Crippen LogP contribution < -0.4 is 10.1 Å². The van der Waals surface area contributed by atoms with Crippen molar-refractivity contribution in [2.75, 3.05) is 12.4 Å². The number of carbonyl (C=O) groups excluding carboxylic acids is 1. The molecule has 144 valence electrons. The number of anilines is 1. The van der Waals surface area contributed by atoms with Gasteiger partial charge in [-0.05, 0) is 54.4 Å². The maximum atomic E-state index is 12.7. The second-order valence-electron chi connectivity index (χ2n) is 6.34. The molecule has 3 aromatic carbocycles. The molecular formula is C23H22ClNO2S. The van der Waals surface area contributed by atoms with Gasteiger partial charge in [-0.3, -0.25) is 4.79 Å². The van der Waals surface area contributed by atoms with Crippen LogP contribution in [-0.2, 0) is 4.79 Å². The van der Waals surface area contributed by atoms with Gasteiger partial charge < -0.3 is 10.1 Å². The lowest BCUT2D eigenvalue weighted by Gasteiger charge is -2.22. The predicted octanol–water partition coefficient (Wildman–Crippen LogP) is 6.20. The van der Waals surface area contributed by atoms with E-state index in [1.165, 1.54) is 0 Å². The van der Waals surface area contributed by atoms with Crippen LogP contribution in [-0.4, -0.2) is 18.3 Å². The van der Waals surface area contributed by atoms with E-state index in [-0.39, 0.29) is 16.4 Å². The number of methoxy groups -OCH3 is 1. The van der Waals surface area contributed by atoms with Crippen LogP contribution in [0.25, 0.3) is 0 Å². The molecule has 1 N–H and O–H groups in total. The molecule has 0 heterocycles. The molecular weight excluding hydrogens is 390 g/mol. The molecule has 3 aromatic rings. The van der Waals surface area contributed by atoms with E-state index in [4.69, 9.17) is 16.3 Å². The topological polar surface area (TPSA) is 38.3 Å². The molecule has 0 saturated carbocycles. The highest BCUT2D eigenvalue weighted by atomic mass is 35.5. The number of nitrogens with one attached hydrogen (secondary N) is 1. The van der Waals surface area contributed by atoms with Crippen molar-refractivity contribution in [1.82, 2.24) is 0 Å². The van der Waals surface area contributed by atoms with Gasteiger partial charge in [0.2, 0.25) is 5.91 Å². The van der Waals surface area contributed by atoms with Gasteiger partial charge in [0.05, 0.1) is 17.6 Å². The summed E-state index contributed by atoms with van der Waals surface area (Å²) in [5, 5.41) is 3.46.